The Hall–Kier alpha value is -3.15. The first kappa shape index (κ1) is 21.2. The highest BCUT2D eigenvalue weighted by Crippen LogP contribution is 2.23. The highest BCUT2D eigenvalue weighted by molar-refractivity contribution is 5.99. The Morgan fingerprint density at radius 2 is 1.75 bits per heavy atom. The van der Waals surface area contributed by atoms with Gasteiger partial charge < -0.3 is 14.8 Å². The number of ether oxygens (including phenoxy) is 2. The number of carbonyl (C=O) groups is 3. The minimum atomic E-state index is -0.992. The lowest BCUT2D eigenvalue weighted by Gasteiger charge is -2.15. The number of amides is 1. The summed E-state index contributed by atoms with van der Waals surface area (Å²) in [6.07, 6.45) is -1.05. The largest absolute Gasteiger partial charge is 0.495 e. The number of rotatable bonds is 8. The van der Waals surface area contributed by atoms with E-state index in [9.17, 15) is 14.4 Å². The Balaban J connectivity index is 1.87. The molecule has 0 aliphatic rings. The minimum absolute atomic E-state index is 0.0317. The second kappa shape index (κ2) is 9.69. The fourth-order valence-electron chi connectivity index (χ4n) is 2.68. The number of esters is 1. The van der Waals surface area contributed by atoms with Gasteiger partial charge in [0.15, 0.2) is 11.9 Å². The summed E-state index contributed by atoms with van der Waals surface area (Å²) in [7, 11) is 1.50. The lowest BCUT2D eigenvalue weighted by Crippen LogP contribution is -2.30. The van der Waals surface area contributed by atoms with Crippen LogP contribution in [0.25, 0.3) is 0 Å². The standard InChI is InChI=1S/C22H25NO5/c1-14-9-10-15(2)17(13-14)19(24)11-12-21(25)28-16(3)22(26)23-18-7-5-6-8-20(18)27-4/h5-10,13,16H,11-12H2,1-4H3,(H,23,26)/t16-/m0/s1. The molecule has 0 radical (unpaired) electrons. The van der Waals surface area contributed by atoms with Crippen molar-refractivity contribution in [2.45, 2.75) is 39.7 Å². The topological polar surface area (TPSA) is 81.7 Å². The van der Waals surface area contributed by atoms with Crippen LogP contribution < -0.4 is 10.1 Å². The van der Waals surface area contributed by atoms with Gasteiger partial charge in [0, 0.05) is 12.0 Å². The summed E-state index contributed by atoms with van der Waals surface area (Å²) < 4.78 is 10.3. The maximum Gasteiger partial charge on any atom is 0.307 e. The van der Waals surface area contributed by atoms with Crippen molar-refractivity contribution in [2.24, 2.45) is 0 Å². The fourth-order valence-corrected chi connectivity index (χ4v) is 2.68. The van der Waals surface area contributed by atoms with E-state index in [2.05, 4.69) is 5.32 Å². The number of nitrogens with one attached hydrogen (secondary N) is 1. The van der Waals surface area contributed by atoms with E-state index in [1.165, 1.54) is 14.0 Å². The number of anilines is 1. The van der Waals surface area contributed by atoms with Crippen molar-refractivity contribution in [3.63, 3.8) is 0 Å². The molecule has 1 N–H and O–H groups in total. The van der Waals surface area contributed by atoms with Gasteiger partial charge in [-0.25, -0.2) is 0 Å². The first-order valence-corrected chi connectivity index (χ1v) is 9.05. The molecule has 0 bridgehead atoms. The predicted molar refractivity (Wildman–Crippen MR) is 107 cm³/mol. The first-order valence-electron chi connectivity index (χ1n) is 9.05. The number of Topliss-reactive ketones (excluding diaryl/α,β-unsaturated/α-hetero) is 1. The molecule has 0 heterocycles. The number of benzene rings is 2. The predicted octanol–water partition coefficient (Wildman–Crippen LogP) is 3.85. The number of aryl methyl sites for hydroxylation is 2. The van der Waals surface area contributed by atoms with Crippen molar-refractivity contribution >= 4 is 23.3 Å². The molecule has 2 rings (SSSR count). The van der Waals surface area contributed by atoms with Crippen LogP contribution in [0.2, 0.25) is 0 Å². The molecule has 2 aromatic carbocycles. The number of ketones is 1. The second-order valence-corrected chi connectivity index (χ2v) is 6.56. The maximum atomic E-state index is 12.4. The number of methoxy groups -OCH3 is 1. The Morgan fingerprint density at radius 1 is 1.04 bits per heavy atom. The summed E-state index contributed by atoms with van der Waals surface area (Å²) in [6, 6.07) is 12.6. The van der Waals surface area contributed by atoms with Crippen LogP contribution in [0.4, 0.5) is 5.69 Å². The van der Waals surface area contributed by atoms with Gasteiger partial charge >= 0.3 is 5.97 Å². The van der Waals surface area contributed by atoms with Gasteiger partial charge in [0.05, 0.1) is 19.2 Å². The lowest BCUT2D eigenvalue weighted by atomic mass is 9.99. The molecular weight excluding hydrogens is 358 g/mol. The molecule has 148 valence electrons. The van der Waals surface area contributed by atoms with Crippen LogP contribution in [-0.4, -0.2) is 30.9 Å². The Labute approximate surface area is 164 Å². The maximum absolute atomic E-state index is 12.4. The van der Waals surface area contributed by atoms with Gasteiger partial charge in [-0.2, -0.15) is 0 Å². The van der Waals surface area contributed by atoms with Crippen LogP contribution in [-0.2, 0) is 14.3 Å². The van der Waals surface area contributed by atoms with Crippen LogP contribution >= 0.6 is 0 Å². The van der Waals surface area contributed by atoms with Crippen molar-refractivity contribution < 1.29 is 23.9 Å². The van der Waals surface area contributed by atoms with Crippen LogP contribution in [0.5, 0.6) is 5.75 Å². The summed E-state index contributed by atoms with van der Waals surface area (Å²) in [5.41, 5.74) is 2.95. The van der Waals surface area contributed by atoms with E-state index < -0.39 is 18.0 Å². The molecule has 0 aliphatic carbocycles. The zero-order valence-corrected chi connectivity index (χ0v) is 16.6. The molecule has 0 unspecified atom stereocenters. The van der Waals surface area contributed by atoms with Crippen LogP contribution in [0.3, 0.4) is 0 Å². The van der Waals surface area contributed by atoms with Crippen molar-refractivity contribution in [2.75, 3.05) is 12.4 Å². The molecular formula is C22H25NO5. The van der Waals surface area contributed by atoms with Gasteiger partial charge in [0.25, 0.3) is 5.91 Å². The summed E-state index contributed by atoms with van der Waals surface area (Å²) in [4.78, 5) is 36.6. The third-order valence-corrected chi connectivity index (χ3v) is 4.29. The smallest absolute Gasteiger partial charge is 0.307 e. The van der Waals surface area contributed by atoms with Crippen molar-refractivity contribution in [1.29, 1.82) is 0 Å². The highest BCUT2D eigenvalue weighted by Gasteiger charge is 2.20. The normalized spacial score (nSPS) is 11.4. The molecule has 1 atom stereocenters. The fraction of sp³-hybridized carbons (Fsp3) is 0.318. The molecule has 0 spiro atoms. The monoisotopic (exact) mass is 383 g/mol. The number of hydrogen-bond acceptors (Lipinski definition) is 5. The SMILES string of the molecule is COc1ccccc1NC(=O)[C@H](C)OC(=O)CCC(=O)c1cc(C)ccc1C. The van der Waals surface area contributed by atoms with Gasteiger partial charge in [-0.1, -0.05) is 29.8 Å². The molecule has 0 fully saturated rings. The van der Waals surface area contributed by atoms with Gasteiger partial charge in [-0.15, -0.1) is 0 Å². The van der Waals surface area contributed by atoms with Crippen LogP contribution in [0.1, 0.15) is 41.3 Å². The van der Waals surface area contributed by atoms with Crippen molar-refractivity contribution in [3.8, 4) is 5.75 Å². The van der Waals surface area contributed by atoms with E-state index in [1.54, 1.807) is 24.3 Å². The molecule has 0 aromatic heterocycles. The molecule has 0 aliphatic heterocycles. The van der Waals surface area contributed by atoms with E-state index >= 15 is 0 Å². The first-order chi connectivity index (χ1) is 13.3. The summed E-state index contributed by atoms with van der Waals surface area (Å²) >= 11 is 0. The molecule has 0 saturated carbocycles. The van der Waals surface area contributed by atoms with E-state index in [1.807, 2.05) is 32.0 Å². The minimum Gasteiger partial charge on any atom is -0.495 e. The summed E-state index contributed by atoms with van der Waals surface area (Å²) in [6.45, 7) is 5.25. The van der Waals surface area contributed by atoms with E-state index in [4.69, 9.17) is 9.47 Å². The molecule has 6 nitrogen and oxygen atoms in total. The highest BCUT2D eigenvalue weighted by atomic mass is 16.5. The Bertz CT molecular complexity index is 875. The lowest BCUT2D eigenvalue weighted by molar-refractivity contribution is -0.153. The second-order valence-electron chi connectivity index (χ2n) is 6.56. The van der Waals surface area contributed by atoms with Crippen LogP contribution in [0, 0.1) is 13.8 Å². The van der Waals surface area contributed by atoms with Crippen molar-refractivity contribution in [1.82, 2.24) is 0 Å². The van der Waals surface area contributed by atoms with E-state index in [0.29, 0.717) is 17.0 Å². The number of carbonyl (C=O) groups excluding carboxylic acids is 3. The van der Waals surface area contributed by atoms with Crippen LogP contribution in [0.15, 0.2) is 42.5 Å². The van der Waals surface area contributed by atoms with E-state index in [-0.39, 0.29) is 18.6 Å². The van der Waals surface area contributed by atoms with Gasteiger partial charge in [0.2, 0.25) is 0 Å². The average Bonchev–Trinajstić information content (AvgIpc) is 2.68. The number of hydrogen-bond donors (Lipinski definition) is 1. The zero-order chi connectivity index (χ0) is 20.7. The Kier molecular flexibility index (Phi) is 7.32. The third kappa shape index (κ3) is 5.67. The number of para-hydroxylation sites is 2. The van der Waals surface area contributed by atoms with Gasteiger partial charge in [-0.3, -0.25) is 14.4 Å². The quantitative estimate of drug-likeness (QED) is 0.553. The average molecular weight is 383 g/mol. The molecule has 6 heteroatoms. The third-order valence-electron chi connectivity index (χ3n) is 4.29. The summed E-state index contributed by atoms with van der Waals surface area (Å²) in [5.74, 6) is -0.683. The molecule has 28 heavy (non-hydrogen) atoms. The molecule has 2 aromatic rings. The van der Waals surface area contributed by atoms with Gasteiger partial charge in [-0.05, 0) is 44.5 Å². The van der Waals surface area contributed by atoms with Crippen molar-refractivity contribution in [3.05, 3.63) is 59.2 Å². The molecule has 1 amide bonds. The van der Waals surface area contributed by atoms with E-state index in [0.717, 1.165) is 11.1 Å². The summed E-state index contributed by atoms with van der Waals surface area (Å²) in [5, 5.41) is 2.66. The van der Waals surface area contributed by atoms with Gasteiger partial charge in [0.1, 0.15) is 5.75 Å². The Morgan fingerprint density at radius 3 is 2.46 bits per heavy atom. The molecule has 0 saturated heterocycles. The zero-order valence-electron chi connectivity index (χ0n) is 16.6.